The van der Waals surface area contributed by atoms with Crippen LogP contribution in [-0.2, 0) is 4.79 Å². The fourth-order valence-corrected chi connectivity index (χ4v) is 1.47. The summed E-state index contributed by atoms with van der Waals surface area (Å²) in [7, 11) is 0. The molecular formula is C14H22N2O. The van der Waals surface area contributed by atoms with Gasteiger partial charge in [0.1, 0.15) is 0 Å². The lowest BCUT2D eigenvalue weighted by atomic mass is 9.95. The lowest BCUT2D eigenvalue weighted by Crippen LogP contribution is -2.36. The van der Waals surface area contributed by atoms with Crippen LogP contribution in [0.2, 0.25) is 0 Å². The highest BCUT2D eigenvalue weighted by Gasteiger charge is 2.20. The number of hydrogen-bond acceptors (Lipinski definition) is 2. The number of hydrogen-bond donors (Lipinski definition) is 2. The zero-order chi connectivity index (χ0) is 12.9. The SMILES string of the molecule is CC(C)(C)C(=O)NCCC(N)c1ccccc1. The van der Waals surface area contributed by atoms with Crippen LogP contribution in [0.4, 0.5) is 0 Å². The van der Waals surface area contributed by atoms with E-state index in [9.17, 15) is 4.79 Å². The van der Waals surface area contributed by atoms with Crippen molar-refractivity contribution < 1.29 is 4.79 Å². The minimum atomic E-state index is -0.336. The van der Waals surface area contributed by atoms with Gasteiger partial charge in [0.25, 0.3) is 0 Å². The maximum atomic E-state index is 11.6. The molecule has 17 heavy (non-hydrogen) atoms. The fourth-order valence-electron chi connectivity index (χ4n) is 1.47. The van der Waals surface area contributed by atoms with E-state index in [1.54, 1.807) is 0 Å². The second kappa shape index (κ2) is 5.82. The van der Waals surface area contributed by atoms with Crippen LogP contribution in [0, 0.1) is 5.41 Å². The minimum absolute atomic E-state index is 0.0172. The van der Waals surface area contributed by atoms with Gasteiger partial charge in [-0.25, -0.2) is 0 Å². The molecule has 94 valence electrons. The highest BCUT2D eigenvalue weighted by atomic mass is 16.2. The molecule has 1 aromatic rings. The first-order valence-electron chi connectivity index (χ1n) is 6.00. The standard InChI is InChI=1S/C14H22N2O/c1-14(2,3)13(17)16-10-9-12(15)11-7-5-4-6-8-11/h4-8,12H,9-10,15H2,1-3H3,(H,16,17). The molecule has 1 rings (SSSR count). The molecule has 1 atom stereocenters. The van der Waals surface area contributed by atoms with E-state index in [4.69, 9.17) is 5.73 Å². The van der Waals surface area contributed by atoms with E-state index in [0.717, 1.165) is 12.0 Å². The Morgan fingerprint density at radius 1 is 1.29 bits per heavy atom. The van der Waals surface area contributed by atoms with Crippen LogP contribution in [-0.4, -0.2) is 12.5 Å². The predicted octanol–water partition coefficient (Wildman–Crippen LogP) is 2.24. The zero-order valence-electron chi connectivity index (χ0n) is 10.9. The van der Waals surface area contributed by atoms with Crippen molar-refractivity contribution in [3.05, 3.63) is 35.9 Å². The number of nitrogens with one attached hydrogen (secondary N) is 1. The molecule has 0 aliphatic carbocycles. The Morgan fingerprint density at radius 3 is 2.41 bits per heavy atom. The molecule has 3 heteroatoms. The van der Waals surface area contributed by atoms with Crippen LogP contribution in [0.25, 0.3) is 0 Å². The summed E-state index contributed by atoms with van der Waals surface area (Å²) in [5, 5.41) is 2.90. The van der Waals surface area contributed by atoms with E-state index in [1.807, 2.05) is 51.1 Å². The van der Waals surface area contributed by atoms with E-state index in [1.165, 1.54) is 0 Å². The summed E-state index contributed by atoms with van der Waals surface area (Å²) in [5.74, 6) is 0.0674. The molecule has 0 spiro atoms. The Bertz CT molecular complexity index is 354. The number of nitrogens with two attached hydrogens (primary N) is 1. The topological polar surface area (TPSA) is 55.1 Å². The molecule has 1 amide bonds. The molecule has 3 nitrogen and oxygen atoms in total. The molecule has 0 saturated carbocycles. The van der Waals surface area contributed by atoms with Gasteiger partial charge in [-0.3, -0.25) is 4.79 Å². The number of rotatable bonds is 4. The maximum absolute atomic E-state index is 11.6. The van der Waals surface area contributed by atoms with Gasteiger partial charge < -0.3 is 11.1 Å². The number of carbonyl (C=O) groups is 1. The third kappa shape index (κ3) is 4.57. The molecule has 0 aliphatic rings. The van der Waals surface area contributed by atoms with E-state index in [2.05, 4.69) is 5.32 Å². The highest BCUT2D eigenvalue weighted by molar-refractivity contribution is 5.81. The molecule has 1 aromatic carbocycles. The molecule has 3 N–H and O–H groups in total. The van der Waals surface area contributed by atoms with Crippen molar-refractivity contribution in [3.8, 4) is 0 Å². The fraction of sp³-hybridized carbons (Fsp3) is 0.500. The van der Waals surface area contributed by atoms with Gasteiger partial charge in [0.15, 0.2) is 0 Å². The second-order valence-corrected chi connectivity index (χ2v) is 5.31. The summed E-state index contributed by atoms with van der Waals surface area (Å²) in [6.45, 7) is 6.32. The number of amides is 1. The molecule has 0 bridgehead atoms. The van der Waals surface area contributed by atoms with Crippen LogP contribution in [0.15, 0.2) is 30.3 Å². The Kier molecular flexibility index (Phi) is 4.70. The molecule has 0 saturated heterocycles. The van der Waals surface area contributed by atoms with Crippen molar-refractivity contribution in [2.45, 2.75) is 33.2 Å². The number of carbonyl (C=O) groups excluding carboxylic acids is 1. The van der Waals surface area contributed by atoms with Crippen LogP contribution in [0.3, 0.4) is 0 Å². The molecule has 0 fully saturated rings. The molecule has 0 heterocycles. The first-order chi connectivity index (χ1) is 7.91. The Hall–Kier alpha value is -1.35. The van der Waals surface area contributed by atoms with E-state index >= 15 is 0 Å². The maximum Gasteiger partial charge on any atom is 0.225 e. The van der Waals surface area contributed by atoms with Crippen LogP contribution in [0.1, 0.15) is 38.8 Å². The van der Waals surface area contributed by atoms with Crippen LogP contribution in [0.5, 0.6) is 0 Å². The Morgan fingerprint density at radius 2 is 1.88 bits per heavy atom. The number of benzene rings is 1. The van der Waals surface area contributed by atoms with Gasteiger partial charge in [0, 0.05) is 18.0 Å². The third-order valence-corrected chi connectivity index (χ3v) is 2.65. The van der Waals surface area contributed by atoms with Gasteiger partial charge in [0.2, 0.25) is 5.91 Å². The highest BCUT2D eigenvalue weighted by Crippen LogP contribution is 2.14. The van der Waals surface area contributed by atoms with Crippen molar-refractivity contribution >= 4 is 5.91 Å². The summed E-state index contributed by atoms with van der Waals surface area (Å²) in [4.78, 5) is 11.6. The molecule has 1 unspecified atom stereocenters. The van der Waals surface area contributed by atoms with Crippen LogP contribution < -0.4 is 11.1 Å². The average Bonchev–Trinajstić information content (AvgIpc) is 2.28. The monoisotopic (exact) mass is 234 g/mol. The quantitative estimate of drug-likeness (QED) is 0.839. The minimum Gasteiger partial charge on any atom is -0.356 e. The first kappa shape index (κ1) is 13.7. The largest absolute Gasteiger partial charge is 0.356 e. The van der Waals surface area contributed by atoms with Crippen LogP contribution >= 0.6 is 0 Å². The van der Waals surface area contributed by atoms with Crippen molar-refractivity contribution in [2.75, 3.05) is 6.54 Å². The van der Waals surface area contributed by atoms with E-state index < -0.39 is 0 Å². The summed E-state index contributed by atoms with van der Waals surface area (Å²) in [5.41, 5.74) is 6.81. The predicted molar refractivity (Wildman–Crippen MR) is 70.5 cm³/mol. The molecular weight excluding hydrogens is 212 g/mol. The summed E-state index contributed by atoms with van der Waals surface area (Å²) in [6.07, 6.45) is 0.756. The van der Waals surface area contributed by atoms with Crippen molar-refractivity contribution in [1.29, 1.82) is 0 Å². The molecule has 0 aromatic heterocycles. The summed E-state index contributed by atoms with van der Waals surface area (Å²) < 4.78 is 0. The Labute approximate surface area is 103 Å². The van der Waals surface area contributed by atoms with Gasteiger partial charge >= 0.3 is 0 Å². The van der Waals surface area contributed by atoms with Crippen molar-refractivity contribution in [3.63, 3.8) is 0 Å². The second-order valence-electron chi connectivity index (χ2n) is 5.31. The van der Waals surface area contributed by atoms with Gasteiger partial charge in [-0.2, -0.15) is 0 Å². The molecule has 0 aliphatic heterocycles. The first-order valence-corrected chi connectivity index (χ1v) is 6.00. The zero-order valence-corrected chi connectivity index (χ0v) is 10.9. The van der Waals surface area contributed by atoms with E-state index in [-0.39, 0.29) is 17.4 Å². The molecule has 0 radical (unpaired) electrons. The van der Waals surface area contributed by atoms with Gasteiger partial charge in [-0.15, -0.1) is 0 Å². The van der Waals surface area contributed by atoms with Crippen molar-refractivity contribution in [1.82, 2.24) is 5.32 Å². The third-order valence-electron chi connectivity index (χ3n) is 2.65. The Balaban J connectivity index is 2.35. The smallest absolute Gasteiger partial charge is 0.225 e. The van der Waals surface area contributed by atoms with Gasteiger partial charge in [0.05, 0.1) is 0 Å². The van der Waals surface area contributed by atoms with E-state index in [0.29, 0.717) is 6.54 Å². The lowest BCUT2D eigenvalue weighted by Gasteiger charge is -2.19. The van der Waals surface area contributed by atoms with Gasteiger partial charge in [-0.05, 0) is 12.0 Å². The van der Waals surface area contributed by atoms with Crippen molar-refractivity contribution in [2.24, 2.45) is 11.1 Å². The average molecular weight is 234 g/mol. The summed E-state index contributed by atoms with van der Waals surface area (Å²) >= 11 is 0. The normalized spacial score (nSPS) is 13.2. The van der Waals surface area contributed by atoms with Gasteiger partial charge in [-0.1, -0.05) is 51.1 Å². The summed E-state index contributed by atoms with van der Waals surface area (Å²) in [6, 6.07) is 9.92. The lowest BCUT2D eigenvalue weighted by molar-refractivity contribution is -0.128.